The van der Waals surface area contributed by atoms with Crippen molar-refractivity contribution in [3.8, 4) is 6.07 Å². The highest BCUT2D eigenvalue weighted by atomic mass is 16.6. The van der Waals surface area contributed by atoms with E-state index in [9.17, 15) is 10.1 Å². The van der Waals surface area contributed by atoms with Crippen molar-refractivity contribution < 1.29 is 4.92 Å². The number of nitrogens with one attached hydrogen (secondary N) is 1. The lowest BCUT2D eigenvalue weighted by atomic mass is 10.0. The number of piperidine rings is 1. The van der Waals surface area contributed by atoms with Gasteiger partial charge in [-0.1, -0.05) is 6.92 Å². The summed E-state index contributed by atoms with van der Waals surface area (Å²) in [7, 11) is 0. The summed E-state index contributed by atoms with van der Waals surface area (Å²) in [6.07, 6.45) is 2.10. The van der Waals surface area contributed by atoms with Crippen molar-refractivity contribution >= 4 is 11.4 Å². The van der Waals surface area contributed by atoms with Crippen LogP contribution in [0.3, 0.4) is 0 Å². The number of likely N-dealkylation sites (tertiary alicyclic amines) is 1. The zero-order valence-corrected chi connectivity index (χ0v) is 11.5. The number of nitro benzene ring substituents is 1. The van der Waals surface area contributed by atoms with Gasteiger partial charge in [-0.25, -0.2) is 0 Å². The van der Waals surface area contributed by atoms with Crippen molar-refractivity contribution in [3.05, 3.63) is 33.9 Å². The lowest BCUT2D eigenvalue weighted by Gasteiger charge is -2.32. The van der Waals surface area contributed by atoms with Crippen LogP contribution in [-0.4, -0.2) is 35.5 Å². The monoisotopic (exact) mass is 274 g/mol. The summed E-state index contributed by atoms with van der Waals surface area (Å²) >= 11 is 0. The molecule has 1 N–H and O–H groups in total. The molecule has 6 heteroatoms. The Hall–Kier alpha value is -2.13. The first-order valence-electron chi connectivity index (χ1n) is 6.81. The Morgan fingerprint density at radius 3 is 2.75 bits per heavy atom. The first-order valence-corrected chi connectivity index (χ1v) is 6.81. The van der Waals surface area contributed by atoms with Crippen molar-refractivity contribution in [3.63, 3.8) is 0 Å². The van der Waals surface area contributed by atoms with Gasteiger partial charge in [-0.15, -0.1) is 0 Å². The minimum absolute atomic E-state index is 0.103. The fourth-order valence-electron chi connectivity index (χ4n) is 2.50. The molecule has 1 aromatic carbocycles. The van der Waals surface area contributed by atoms with Crippen LogP contribution in [0.5, 0.6) is 0 Å². The summed E-state index contributed by atoms with van der Waals surface area (Å²) < 4.78 is 0. The first kappa shape index (κ1) is 14.3. The number of nitro groups is 1. The number of nitriles is 1. The molecule has 1 saturated heterocycles. The van der Waals surface area contributed by atoms with E-state index in [0.29, 0.717) is 6.04 Å². The van der Waals surface area contributed by atoms with Gasteiger partial charge in [0, 0.05) is 30.9 Å². The molecule has 0 bridgehead atoms. The molecular formula is C14H18N4O2. The Morgan fingerprint density at radius 1 is 1.50 bits per heavy atom. The van der Waals surface area contributed by atoms with Gasteiger partial charge in [-0.3, -0.25) is 10.1 Å². The quantitative estimate of drug-likeness (QED) is 0.673. The predicted molar refractivity (Wildman–Crippen MR) is 76.6 cm³/mol. The molecule has 0 radical (unpaired) electrons. The minimum Gasteiger partial charge on any atom is -0.382 e. The third-order valence-corrected chi connectivity index (χ3v) is 3.72. The van der Waals surface area contributed by atoms with E-state index in [1.165, 1.54) is 6.07 Å². The van der Waals surface area contributed by atoms with Crippen molar-refractivity contribution in [1.82, 2.24) is 4.90 Å². The highest BCUT2D eigenvalue weighted by Crippen LogP contribution is 2.23. The summed E-state index contributed by atoms with van der Waals surface area (Å²) in [6, 6.07) is 6.87. The molecule has 1 aromatic rings. The summed E-state index contributed by atoms with van der Waals surface area (Å²) in [5.41, 5.74) is 0.743. The topological polar surface area (TPSA) is 82.2 Å². The predicted octanol–water partition coefficient (Wildman–Crippen LogP) is 2.36. The van der Waals surface area contributed by atoms with Gasteiger partial charge in [-0.05, 0) is 31.5 Å². The first-order chi connectivity index (χ1) is 9.63. The molecule has 0 amide bonds. The second kappa shape index (κ2) is 6.35. The van der Waals surface area contributed by atoms with E-state index in [4.69, 9.17) is 5.26 Å². The van der Waals surface area contributed by atoms with Gasteiger partial charge < -0.3 is 10.2 Å². The molecule has 0 atom stereocenters. The standard InChI is InChI=1S/C14H18N4O2/c1-2-17-7-5-12(6-8-17)16-13-3-4-14(18(19)20)11(9-13)10-15/h3-4,9,12,16H,2,5-8H2,1H3. The number of hydrogen-bond donors (Lipinski definition) is 1. The van der Waals surface area contributed by atoms with Gasteiger partial charge >= 0.3 is 0 Å². The Morgan fingerprint density at radius 2 is 2.20 bits per heavy atom. The van der Waals surface area contributed by atoms with Crippen molar-refractivity contribution in [2.45, 2.75) is 25.8 Å². The highest BCUT2D eigenvalue weighted by Gasteiger charge is 2.19. The summed E-state index contributed by atoms with van der Waals surface area (Å²) in [5, 5.41) is 23.1. The number of nitrogens with zero attached hydrogens (tertiary/aromatic N) is 3. The molecule has 1 fully saturated rings. The van der Waals surface area contributed by atoms with Crippen LogP contribution in [-0.2, 0) is 0 Å². The molecule has 106 valence electrons. The normalized spacial score (nSPS) is 16.6. The van der Waals surface area contributed by atoms with E-state index in [1.54, 1.807) is 12.1 Å². The fraction of sp³-hybridized carbons (Fsp3) is 0.500. The van der Waals surface area contributed by atoms with Crippen LogP contribution in [0.1, 0.15) is 25.3 Å². The number of rotatable bonds is 4. The van der Waals surface area contributed by atoms with Gasteiger partial charge in [0.1, 0.15) is 11.6 Å². The van der Waals surface area contributed by atoms with E-state index in [1.807, 2.05) is 6.07 Å². The van der Waals surface area contributed by atoms with Crippen LogP contribution in [0, 0.1) is 21.4 Å². The minimum atomic E-state index is -0.526. The Kier molecular flexibility index (Phi) is 4.53. The maximum absolute atomic E-state index is 10.8. The second-order valence-corrected chi connectivity index (χ2v) is 4.95. The van der Waals surface area contributed by atoms with Crippen LogP contribution < -0.4 is 5.32 Å². The average Bonchev–Trinajstić information content (AvgIpc) is 2.47. The van der Waals surface area contributed by atoms with E-state index in [2.05, 4.69) is 17.1 Å². The van der Waals surface area contributed by atoms with Gasteiger partial charge in [0.25, 0.3) is 5.69 Å². The van der Waals surface area contributed by atoms with Crippen LogP contribution in [0.15, 0.2) is 18.2 Å². The Labute approximate surface area is 118 Å². The maximum atomic E-state index is 10.8. The third kappa shape index (κ3) is 3.25. The molecule has 0 aromatic heterocycles. The van der Waals surface area contributed by atoms with E-state index >= 15 is 0 Å². The SMILES string of the molecule is CCN1CCC(Nc2ccc([N+](=O)[O-])c(C#N)c2)CC1. The molecule has 0 spiro atoms. The van der Waals surface area contributed by atoms with E-state index in [-0.39, 0.29) is 11.3 Å². The van der Waals surface area contributed by atoms with Gasteiger partial charge in [0.2, 0.25) is 0 Å². The zero-order chi connectivity index (χ0) is 14.5. The highest BCUT2D eigenvalue weighted by molar-refractivity contribution is 5.59. The van der Waals surface area contributed by atoms with Crippen molar-refractivity contribution in [2.24, 2.45) is 0 Å². The average molecular weight is 274 g/mol. The Balaban J connectivity index is 2.04. The molecule has 0 unspecified atom stereocenters. The molecule has 6 nitrogen and oxygen atoms in total. The molecule has 1 heterocycles. The number of benzene rings is 1. The third-order valence-electron chi connectivity index (χ3n) is 3.72. The lowest BCUT2D eigenvalue weighted by Crippen LogP contribution is -2.38. The summed E-state index contributed by atoms with van der Waals surface area (Å²) in [5.74, 6) is 0. The molecular weight excluding hydrogens is 256 g/mol. The summed E-state index contributed by atoms with van der Waals surface area (Å²) in [6.45, 7) is 5.35. The number of anilines is 1. The summed E-state index contributed by atoms with van der Waals surface area (Å²) in [4.78, 5) is 12.7. The van der Waals surface area contributed by atoms with Crippen LogP contribution in [0.2, 0.25) is 0 Å². The van der Waals surface area contributed by atoms with Crippen molar-refractivity contribution in [2.75, 3.05) is 25.0 Å². The smallest absolute Gasteiger partial charge is 0.287 e. The largest absolute Gasteiger partial charge is 0.382 e. The van der Waals surface area contributed by atoms with E-state index < -0.39 is 4.92 Å². The molecule has 0 aliphatic carbocycles. The maximum Gasteiger partial charge on any atom is 0.287 e. The molecule has 1 aliphatic rings. The van der Waals surface area contributed by atoms with E-state index in [0.717, 1.165) is 38.2 Å². The second-order valence-electron chi connectivity index (χ2n) is 4.95. The van der Waals surface area contributed by atoms with Gasteiger partial charge in [0.05, 0.1) is 4.92 Å². The van der Waals surface area contributed by atoms with Crippen LogP contribution in [0.25, 0.3) is 0 Å². The lowest BCUT2D eigenvalue weighted by molar-refractivity contribution is -0.385. The molecule has 0 saturated carbocycles. The van der Waals surface area contributed by atoms with Gasteiger partial charge in [-0.2, -0.15) is 5.26 Å². The van der Waals surface area contributed by atoms with Crippen LogP contribution in [0.4, 0.5) is 11.4 Å². The zero-order valence-electron chi connectivity index (χ0n) is 11.5. The van der Waals surface area contributed by atoms with Gasteiger partial charge in [0.15, 0.2) is 0 Å². The van der Waals surface area contributed by atoms with Crippen LogP contribution >= 0.6 is 0 Å². The fourth-order valence-corrected chi connectivity index (χ4v) is 2.50. The molecule has 2 rings (SSSR count). The molecule has 1 aliphatic heterocycles. The Bertz CT molecular complexity index is 530. The number of hydrogen-bond acceptors (Lipinski definition) is 5. The molecule has 20 heavy (non-hydrogen) atoms. The van der Waals surface area contributed by atoms with Crippen molar-refractivity contribution in [1.29, 1.82) is 5.26 Å².